The summed E-state index contributed by atoms with van der Waals surface area (Å²) in [4.78, 5) is 6.89. The molecule has 2 heteroatoms. The molecule has 1 aromatic rings. The first-order valence-electron chi connectivity index (χ1n) is 7.14. The summed E-state index contributed by atoms with van der Waals surface area (Å²) in [5, 5.41) is 0. The van der Waals surface area contributed by atoms with Gasteiger partial charge in [0.25, 0.3) is 0 Å². The average Bonchev–Trinajstić information content (AvgIpc) is 2.39. The van der Waals surface area contributed by atoms with Crippen molar-refractivity contribution in [2.45, 2.75) is 44.9 Å². The van der Waals surface area contributed by atoms with E-state index in [9.17, 15) is 0 Å². The number of hydrogen-bond acceptors (Lipinski definition) is 2. The van der Waals surface area contributed by atoms with Gasteiger partial charge in [0, 0.05) is 13.3 Å². The number of benzene rings is 1. The maximum absolute atomic E-state index is 4.59. The van der Waals surface area contributed by atoms with Gasteiger partial charge in [-0.2, -0.15) is 0 Å². The van der Waals surface area contributed by atoms with Crippen molar-refractivity contribution in [1.29, 1.82) is 0 Å². The van der Waals surface area contributed by atoms with E-state index in [4.69, 9.17) is 0 Å². The van der Waals surface area contributed by atoms with Gasteiger partial charge in [-0.25, -0.2) is 0 Å². The van der Waals surface area contributed by atoms with Gasteiger partial charge in [-0.1, -0.05) is 25.3 Å². The summed E-state index contributed by atoms with van der Waals surface area (Å²) in [6.45, 7) is 3.15. The summed E-state index contributed by atoms with van der Waals surface area (Å²) in [5.74, 6) is 0.769. The molecule has 0 N–H and O–H groups in total. The lowest BCUT2D eigenvalue weighted by atomic mass is 9.83. The zero-order valence-corrected chi connectivity index (χ0v) is 11.4. The Hall–Kier alpha value is -1.31. The van der Waals surface area contributed by atoms with Crippen molar-refractivity contribution in [2.24, 2.45) is 4.99 Å². The van der Waals surface area contributed by atoms with E-state index in [1.54, 1.807) is 0 Å². The van der Waals surface area contributed by atoms with Crippen LogP contribution in [0.5, 0.6) is 0 Å². The van der Waals surface area contributed by atoms with Crippen LogP contribution < -0.4 is 4.90 Å². The summed E-state index contributed by atoms with van der Waals surface area (Å²) >= 11 is 0. The third kappa shape index (κ3) is 2.05. The molecule has 0 radical (unpaired) electrons. The van der Waals surface area contributed by atoms with Crippen molar-refractivity contribution in [3.05, 3.63) is 23.3 Å². The van der Waals surface area contributed by atoms with Crippen molar-refractivity contribution in [3.63, 3.8) is 0 Å². The first kappa shape index (κ1) is 11.8. The van der Waals surface area contributed by atoms with E-state index in [1.807, 2.05) is 6.21 Å². The summed E-state index contributed by atoms with van der Waals surface area (Å²) < 4.78 is 0. The second-order valence-electron chi connectivity index (χ2n) is 5.73. The van der Waals surface area contributed by atoms with E-state index in [-0.39, 0.29) is 0 Å². The molecule has 1 fully saturated rings. The number of anilines is 1. The largest absolute Gasteiger partial charge is 0.367 e. The quantitative estimate of drug-likeness (QED) is 0.720. The second-order valence-corrected chi connectivity index (χ2v) is 5.73. The standard InChI is InChI=1S/C16H22N2/c1-12-10-14(13-6-4-3-5-7-13)11-15-16(12)18(2)9-8-17-15/h8,10-11,13H,3-7,9H2,1-2H3. The highest BCUT2D eigenvalue weighted by molar-refractivity contribution is 5.83. The highest BCUT2D eigenvalue weighted by Crippen LogP contribution is 2.40. The molecule has 0 aromatic heterocycles. The van der Waals surface area contributed by atoms with Crippen LogP contribution in [-0.2, 0) is 0 Å². The third-order valence-electron chi connectivity index (χ3n) is 4.35. The molecule has 1 saturated carbocycles. The SMILES string of the molecule is Cc1cc(C2CCCCC2)cc2c1N(C)CC=N2. The summed E-state index contributed by atoms with van der Waals surface area (Å²) in [6, 6.07) is 4.72. The number of nitrogens with zero attached hydrogens (tertiary/aromatic N) is 2. The van der Waals surface area contributed by atoms with Gasteiger partial charge in [-0.15, -0.1) is 0 Å². The van der Waals surface area contributed by atoms with Crippen LogP contribution in [0.4, 0.5) is 11.4 Å². The zero-order valence-electron chi connectivity index (χ0n) is 11.4. The Kier molecular flexibility index (Phi) is 3.11. The van der Waals surface area contributed by atoms with Crippen LogP contribution in [0, 0.1) is 6.92 Å². The van der Waals surface area contributed by atoms with Crippen LogP contribution in [0.2, 0.25) is 0 Å². The molecule has 0 saturated heterocycles. The lowest BCUT2D eigenvalue weighted by Crippen LogP contribution is -2.23. The lowest BCUT2D eigenvalue weighted by Gasteiger charge is -2.28. The highest BCUT2D eigenvalue weighted by atomic mass is 15.1. The fourth-order valence-electron chi connectivity index (χ4n) is 3.41. The maximum atomic E-state index is 4.59. The van der Waals surface area contributed by atoms with Crippen LogP contribution >= 0.6 is 0 Å². The predicted molar refractivity (Wildman–Crippen MR) is 78.4 cm³/mol. The monoisotopic (exact) mass is 242 g/mol. The molecule has 2 aliphatic rings. The third-order valence-corrected chi connectivity index (χ3v) is 4.35. The molecule has 2 nitrogen and oxygen atoms in total. The maximum Gasteiger partial charge on any atom is 0.0865 e. The molecule has 1 aliphatic carbocycles. The molecule has 0 atom stereocenters. The molecule has 3 rings (SSSR count). The first-order chi connectivity index (χ1) is 8.75. The van der Waals surface area contributed by atoms with Crippen LogP contribution in [0.3, 0.4) is 0 Å². The van der Waals surface area contributed by atoms with Gasteiger partial charge in [-0.3, -0.25) is 4.99 Å². The fraction of sp³-hybridized carbons (Fsp3) is 0.562. The van der Waals surface area contributed by atoms with Gasteiger partial charge >= 0.3 is 0 Å². The van der Waals surface area contributed by atoms with E-state index in [2.05, 4.69) is 36.0 Å². The summed E-state index contributed by atoms with van der Waals surface area (Å²) in [5.41, 5.74) is 5.38. The topological polar surface area (TPSA) is 15.6 Å². The van der Waals surface area contributed by atoms with Gasteiger partial charge in [0.15, 0.2) is 0 Å². The van der Waals surface area contributed by atoms with E-state index in [0.717, 1.165) is 12.5 Å². The molecule has 0 unspecified atom stereocenters. The van der Waals surface area contributed by atoms with Crippen molar-refractivity contribution in [2.75, 3.05) is 18.5 Å². The number of fused-ring (bicyclic) bond motifs is 1. The molecule has 18 heavy (non-hydrogen) atoms. The minimum absolute atomic E-state index is 0.769. The fourth-order valence-corrected chi connectivity index (χ4v) is 3.41. The van der Waals surface area contributed by atoms with Crippen LogP contribution in [0.1, 0.15) is 49.1 Å². The van der Waals surface area contributed by atoms with Crippen molar-refractivity contribution in [3.8, 4) is 0 Å². The van der Waals surface area contributed by atoms with Crippen molar-refractivity contribution >= 4 is 17.6 Å². The van der Waals surface area contributed by atoms with Gasteiger partial charge < -0.3 is 4.90 Å². The number of aryl methyl sites for hydroxylation is 1. The number of aliphatic imine (C=N–C) groups is 1. The van der Waals surface area contributed by atoms with Crippen LogP contribution in [0.25, 0.3) is 0 Å². The predicted octanol–water partition coefficient (Wildman–Crippen LogP) is 4.19. The van der Waals surface area contributed by atoms with Gasteiger partial charge in [-0.05, 0) is 42.9 Å². The molecular formula is C16H22N2. The van der Waals surface area contributed by atoms with E-state index in [0.29, 0.717) is 0 Å². The minimum atomic E-state index is 0.769. The molecule has 0 spiro atoms. The Labute approximate surface area is 110 Å². The number of hydrogen-bond donors (Lipinski definition) is 0. The molecule has 0 bridgehead atoms. The molecule has 0 amide bonds. The Balaban J connectivity index is 1.98. The molecule has 1 heterocycles. The normalized spacial score (nSPS) is 20.0. The van der Waals surface area contributed by atoms with Gasteiger partial charge in [0.1, 0.15) is 0 Å². The Bertz CT molecular complexity index is 470. The Morgan fingerprint density at radius 2 is 1.94 bits per heavy atom. The first-order valence-corrected chi connectivity index (χ1v) is 7.14. The zero-order chi connectivity index (χ0) is 12.5. The second kappa shape index (κ2) is 4.75. The van der Waals surface area contributed by atoms with Gasteiger partial charge in [0.2, 0.25) is 0 Å². The van der Waals surface area contributed by atoms with E-state index < -0.39 is 0 Å². The average molecular weight is 242 g/mol. The number of rotatable bonds is 1. The smallest absolute Gasteiger partial charge is 0.0865 e. The Morgan fingerprint density at radius 3 is 2.72 bits per heavy atom. The molecule has 1 aromatic carbocycles. The minimum Gasteiger partial charge on any atom is -0.367 e. The molecule has 96 valence electrons. The lowest BCUT2D eigenvalue weighted by molar-refractivity contribution is 0.443. The van der Waals surface area contributed by atoms with Gasteiger partial charge in [0.05, 0.1) is 17.9 Å². The highest BCUT2D eigenvalue weighted by Gasteiger charge is 2.20. The Morgan fingerprint density at radius 1 is 1.17 bits per heavy atom. The van der Waals surface area contributed by atoms with Crippen LogP contribution in [-0.4, -0.2) is 19.8 Å². The molecule has 1 aliphatic heterocycles. The van der Waals surface area contributed by atoms with Crippen molar-refractivity contribution < 1.29 is 0 Å². The van der Waals surface area contributed by atoms with E-state index >= 15 is 0 Å². The van der Waals surface area contributed by atoms with E-state index in [1.165, 1.54) is 54.6 Å². The summed E-state index contributed by atoms with van der Waals surface area (Å²) in [6.07, 6.45) is 8.94. The van der Waals surface area contributed by atoms with Crippen molar-refractivity contribution in [1.82, 2.24) is 0 Å². The van der Waals surface area contributed by atoms with Crippen LogP contribution in [0.15, 0.2) is 17.1 Å². The molecular weight excluding hydrogens is 220 g/mol. The summed E-state index contributed by atoms with van der Waals surface area (Å²) in [7, 11) is 2.15.